The molecule has 2 aliphatic rings. The van der Waals surface area contributed by atoms with Crippen molar-refractivity contribution >= 4 is 11.6 Å². The van der Waals surface area contributed by atoms with Crippen LogP contribution in [0.15, 0.2) is 36.5 Å². The Hall–Kier alpha value is -2.20. The lowest BCUT2D eigenvalue weighted by Crippen LogP contribution is -2.47. The second-order valence-electron chi connectivity index (χ2n) is 9.74. The third kappa shape index (κ3) is 4.15. The Morgan fingerprint density at radius 1 is 1.26 bits per heavy atom. The predicted molar refractivity (Wildman–Crippen MR) is 125 cm³/mol. The van der Waals surface area contributed by atoms with Crippen LogP contribution in [0.3, 0.4) is 0 Å². The molecule has 4 rings (SSSR count). The van der Waals surface area contributed by atoms with E-state index >= 15 is 0 Å². The van der Waals surface area contributed by atoms with Gasteiger partial charge in [-0.2, -0.15) is 0 Å². The summed E-state index contributed by atoms with van der Waals surface area (Å²) >= 11 is 0. The molecule has 1 aromatic heterocycles. The number of fused-ring (bicyclic) bond motifs is 3. The summed E-state index contributed by atoms with van der Waals surface area (Å²) in [6.07, 6.45) is 11.0. The highest BCUT2D eigenvalue weighted by molar-refractivity contribution is 6.04. The third-order valence-corrected chi connectivity index (χ3v) is 7.96. The average Bonchev–Trinajstić information content (AvgIpc) is 2.92. The van der Waals surface area contributed by atoms with Crippen LogP contribution in [0.25, 0.3) is 0 Å². The first-order chi connectivity index (χ1) is 14.9. The summed E-state index contributed by atoms with van der Waals surface area (Å²) in [5.74, 6) is 0.443. The summed E-state index contributed by atoms with van der Waals surface area (Å²) in [7, 11) is 0. The van der Waals surface area contributed by atoms with Crippen molar-refractivity contribution in [3.8, 4) is 0 Å². The molecule has 3 atom stereocenters. The van der Waals surface area contributed by atoms with Crippen LogP contribution < -0.4 is 5.32 Å². The number of nitrogens with zero attached hydrogens (tertiary/aromatic N) is 1. The van der Waals surface area contributed by atoms with Crippen LogP contribution >= 0.6 is 0 Å². The summed E-state index contributed by atoms with van der Waals surface area (Å²) in [4.78, 5) is 17.2. The Kier molecular flexibility index (Phi) is 6.20. The molecule has 1 amide bonds. The lowest BCUT2D eigenvalue weighted by molar-refractivity contribution is -0.0517. The molecule has 2 aromatic rings. The molecule has 31 heavy (non-hydrogen) atoms. The van der Waals surface area contributed by atoms with E-state index in [1.54, 1.807) is 6.20 Å². The SMILES string of the molecule is CCC[C@]12CC[C@](O)(CC)C[C@H]1CCCc1cc(C(=O)Nc3cccnc3C)ccc12. The summed E-state index contributed by atoms with van der Waals surface area (Å²) in [5, 5.41) is 14.1. The average molecular weight is 421 g/mol. The molecule has 1 aromatic carbocycles. The van der Waals surface area contributed by atoms with Gasteiger partial charge in [0.25, 0.3) is 5.91 Å². The maximum atomic E-state index is 13.0. The van der Waals surface area contributed by atoms with Gasteiger partial charge in [-0.1, -0.05) is 26.3 Å². The van der Waals surface area contributed by atoms with Crippen molar-refractivity contribution in [3.63, 3.8) is 0 Å². The number of rotatable bonds is 5. The van der Waals surface area contributed by atoms with Gasteiger partial charge in [-0.3, -0.25) is 9.78 Å². The van der Waals surface area contributed by atoms with E-state index in [-0.39, 0.29) is 11.3 Å². The first kappa shape index (κ1) is 22.0. The van der Waals surface area contributed by atoms with Gasteiger partial charge in [-0.05, 0) is 105 Å². The van der Waals surface area contributed by atoms with Gasteiger partial charge in [0.05, 0.1) is 17.0 Å². The largest absolute Gasteiger partial charge is 0.390 e. The normalized spacial score (nSPS) is 27.7. The Labute approximate surface area is 186 Å². The molecule has 1 saturated carbocycles. The number of hydrogen-bond acceptors (Lipinski definition) is 3. The number of pyridine rings is 1. The van der Waals surface area contributed by atoms with Gasteiger partial charge in [0.2, 0.25) is 0 Å². The van der Waals surface area contributed by atoms with Crippen LogP contribution in [0.4, 0.5) is 5.69 Å². The van der Waals surface area contributed by atoms with E-state index < -0.39 is 5.60 Å². The lowest BCUT2D eigenvalue weighted by atomic mass is 9.56. The number of hydrogen-bond donors (Lipinski definition) is 2. The number of carbonyl (C=O) groups is 1. The fourth-order valence-corrected chi connectivity index (χ4v) is 6.16. The fraction of sp³-hybridized carbons (Fsp3) is 0.556. The number of aromatic nitrogens is 1. The van der Waals surface area contributed by atoms with Gasteiger partial charge < -0.3 is 10.4 Å². The molecule has 0 unspecified atom stereocenters. The Bertz CT molecular complexity index is 956. The fourth-order valence-electron chi connectivity index (χ4n) is 6.16. The minimum absolute atomic E-state index is 0.0757. The van der Waals surface area contributed by atoms with Gasteiger partial charge in [0.15, 0.2) is 0 Å². The molecule has 4 heteroatoms. The van der Waals surface area contributed by atoms with Gasteiger partial charge in [0, 0.05) is 11.8 Å². The standard InChI is InChI=1S/C27H36N2O2/c1-4-13-27-15-14-26(31,5-2)18-22(27)9-6-8-20-17-21(11-12-23(20)27)25(30)29-24-10-7-16-28-19(24)3/h7,10-12,16-17,22,31H,4-6,8-9,13-15,18H2,1-3H3,(H,29,30)/t22-,26-,27+/m1/s1. The number of anilines is 1. The van der Waals surface area contributed by atoms with Gasteiger partial charge >= 0.3 is 0 Å². The summed E-state index contributed by atoms with van der Waals surface area (Å²) in [6, 6.07) is 10.1. The number of aryl methyl sites for hydroxylation is 2. The topological polar surface area (TPSA) is 62.2 Å². The van der Waals surface area contributed by atoms with Crippen LogP contribution in [0.5, 0.6) is 0 Å². The Morgan fingerprint density at radius 2 is 2.10 bits per heavy atom. The van der Waals surface area contributed by atoms with Crippen LogP contribution in [0.1, 0.15) is 92.4 Å². The van der Waals surface area contributed by atoms with E-state index in [0.29, 0.717) is 11.5 Å². The van der Waals surface area contributed by atoms with Crippen LogP contribution in [0, 0.1) is 12.8 Å². The highest BCUT2D eigenvalue weighted by Gasteiger charge is 2.49. The number of carbonyl (C=O) groups excluding carboxylic acids is 1. The Balaban J connectivity index is 1.67. The zero-order valence-electron chi connectivity index (χ0n) is 19.2. The Morgan fingerprint density at radius 3 is 2.84 bits per heavy atom. The zero-order chi connectivity index (χ0) is 22.1. The molecule has 2 aliphatic carbocycles. The molecule has 4 nitrogen and oxygen atoms in total. The van der Waals surface area contributed by atoms with Crippen LogP contribution in [-0.4, -0.2) is 21.6 Å². The van der Waals surface area contributed by atoms with E-state index in [9.17, 15) is 9.90 Å². The predicted octanol–water partition coefficient (Wildman–Crippen LogP) is 5.96. The molecule has 1 heterocycles. The maximum Gasteiger partial charge on any atom is 0.255 e. The molecule has 0 radical (unpaired) electrons. The van der Waals surface area contributed by atoms with E-state index in [0.717, 1.165) is 69.2 Å². The van der Waals surface area contributed by atoms with Crippen molar-refractivity contribution in [1.29, 1.82) is 0 Å². The van der Waals surface area contributed by atoms with E-state index in [2.05, 4.69) is 36.3 Å². The third-order valence-electron chi connectivity index (χ3n) is 7.96. The quantitative estimate of drug-likeness (QED) is 0.627. The van der Waals surface area contributed by atoms with Crippen molar-refractivity contribution in [3.05, 3.63) is 58.9 Å². The first-order valence-electron chi connectivity index (χ1n) is 12.0. The van der Waals surface area contributed by atoms with Gasteiger partial charge in [-0.25, -0.2) is 0 Å². The monoisotopic (exact) mass is 420 g/mol. The minimum Gasteiger partial charge on any atom is -0.390 e. The molecule has 0 aliphatic heterocycles. The number of benzene rings is 1. The molecular formula is C27H36N2O2. The first-order valence-corrected chi connectivity index (χ1v) is 12.0. The highest BCUT2D eigenvalue weighted by atomic mass is 16.3. The molecule has 0 spiro atoms. The van der Waals surface area contributed by atoms with Crippen molar-refractivity contribution in [1.82, 2.24) is 4.98 Å². The minimum atomic E-state index is -0.506. The second-order valence-corrected chi connectivity index (χ2v) is 9.74. The summed E-state index contributed by atoms with van der Waals surface area (Å²) < 4.78 is 0. The number of aliphatic hydroxyl groups is 1. The molecular weight excluding hydrogens is 384 g/mol. The van der Waals surface area contributed by atoms with Crippen LogP contribution in [0.2, 0.25) is 0 Å². The molecule has 1 fully saturated rings. The van der Waals surface area contributed by atoms with Crippen LogP contribution in [-0.2, 0) is 11.8 Å². The van der Waals surface area contributed by atoms with Gasteiger partial charge in [-0.15, -0.1) is 0 Å². The van der Waals surface area contributed by atoms with E-state index in [4.69, 9.17) is 0 Å². The van der Waals surface area contributed by atoms with E-state index in [1.165, 1.54) is 11.1 Å². The molecule has 2 N–H and O–H groups in total. The van der Waals surface area contributed by atoms with Crippen molar-refractivity contribution in [2.45, 2.75) is 89.6 Å². The van der Waals surface area contributed by atoms with Crippen molar-refractivity contribution in [2.24, 2.45) is 5.92 Å². The lowest BCUT2D eigenvalue weighted by Gasteiger charge is -2.50. The molecule has 0 bridgehead atoms. The number of nitrogens with one attached hydrogen (secondary N) is 1. The molecule has 0 saturated heterocycles. The maximum absolute atomic E-state index is 13.0. The number of amides is 1. The van der Waals surface area contributed by atoms with Crippen molar-refractivity contribution in [2.75, 3.05) is 5.32 Å². The smallest absolute Gasteiger partial charge is 0.255 e. The second kappa shape index (κ2) is 8.74. The van der Waals surface area contributed by atoms with E-state index in [1.807, 2.05) is 25.1 Å². The summed E-state index contributed by atoms with van der Waals surface area (Å²) in [5.41, 5.74) is 4.69. The van der Waals surface area contributed by atoms with Gasteiger partial charge in [0.1, 0.15) is 0 Å². The molecule has 166 valence electrons. The summed E-state index contributed by atoms with van der Waals surface area (Å²) in [6.45, 7) is 6.29. The van der Waals surface area contributed by atoms with Crippen molar-refractivity contribution < 1.29 is 9.90 Å². The highest BCUT2D eigenvalue weighted by Crippen LogP contribution is 2.54. The zero-order valence-corrected chi connectivity index (χ0v) is 19.2.